The molecule has 0 fully saturated rings. The van der Waals surface area contributed by atoms with E-state index in [9.17, 15) is 4.79 Å². The van der Waals surface area contributed by atoms with Crippen LogP contribution in [0, 0.1) is 0 Å². The second kappa shape index (κ2) is 10.6. The molecule has 0 unspecified atom stereocenters. The first-order valence-electron chi connectivity index (χ1n) is 7.04. The highest BCUT2D eigenvalue weighted by molar-refractivity contribution is 5.75. The van der Waals surface area contributed by atoms with Crippen molar-refractivity contribution in [1.29, 1.82) is 0 Å². The molecule has 2 N–H and O–H groups in total. The molecule has 3 nitrogen and oxygen atoms in total. The third kappa shape index (κ3) is 10.3. The van der Waals surface area contributed by atoms with Crippen LogP contribution in [-0.4, -0.2) is 18.1 Å². The van der Waals surface area contributed by atoms with Crippen LogP contribution in [0.2, 0.25) is 0 Å². The van der Waals surface area contributed by atoms with Crippen LogP contribution in [0.1, 0.15) is 72.1 Å². The highest BCUT2D eigenvalue weighted by Gasteiger charge is 2.12. The molecule has 0 heterocycles. The Balaban J connectivity index is 3.33. The van der Waals surface area contributed by atoms with Crippen molar-refractivity contribution in [3.05, 3.63) is 0 Å². The molecule has 3 heteroatoms. The van der Waals surface area contributed by atoms with E-state index in [1.54, 1.807) is 6.92 Å². The third-order valence-corrected chi connectivity index (χ3v) is 2.90. The van der Waals surface area contributed by atoms with Crippen molar-refractivity contribution in [1.82, 2.24) is 0 Å². The fraction of sp³-hybridized carbons (Fsp3) is 0.929. The van der Waals surface area contributed by atoms with Crippen LogP contribution in [0.4, 0.5) is 0 Å². The van der Waals surface area contributed by atoms with Crippen molar-refractivity contribution >= 4 is 5.97 Å². The fourth-order valence-electron chi connectivity index (χ4n) is 1.75. The smallest absolute Gasteiger partial charge is 0.322 e. The molecule has 0 amide bonds. The van der Waals surface area contributed by atoms with Crippen LogP contribution >= 0.6 is 0 Å². The summed E-state index contributed by atoms with van der Waals surface area (Å²) in [5, 5.41) is 0. The summed E-state index contributed by atoms with van der Waals surface area (Å²) >= 11 is 0. The molecule has 0 rings (SSSR count). The Labute approximate surface area is 106 Å². The van der Waals surface area contributed by atoms with Gasteiger partial charge in [-0.2, -0.15) is 0 Å². The van der Waals surface area contributed by atoms with Gasteiger partial charge in [-0.1, -0.05) is 45.4 Å². The molecule has 0 aromatic carbocycles. The standard InChI is InChI=1S/C14H29NO2/c1-4-5-6-7-8-9-10-11-12(2)17-14(16)13(3)15/h12-13H,4-11,15H2,1-3H3/t12-,13+/m1/s1. The molecule has 0 bridgehead atoms. The van der Waals surface area contributed by atoms with Gasteiger partial charge in [-0.3, -0.25) is 4.79 Å². The van der Waals surface area contributed by atoms with Crippen LogP contribution < -0.4 is 5.73 Å². The molecule has 0 aromatic rings. The zero-order valence-corrected chi connectivity index (χ0v) is 11.7. The van der Waals surface area contributed by atoms with Crippen LogP contribution in [0.3, 0.4) is 0 Å². The predicted octanol–water partition coefficient (Wildman–Crippen LogP) is 3.41. The van der Waals surface area contributed by atoms with E-state index >= 15 is 0 Å². The Kier molecular flexibility index (Phi) is 10.2. The van der Waals surface area contributed by atoms with Gasteiger partial charge in [0.05, 0.1) is 6.10 Å². The lowest BCUT2D eigenvalue weighted by Crippen LogP contribution is -2.31. The lowest BCUT2D eigenvalue weighted by atomic mass is 10.1. The molecular formula is C14H29NO2. The number of unbranched alkanes of at least 4 members (excludes halogenated alkanes) is 6. The zero-order chi connectivity index (χ0) is 13.1. The second-order valence-electron chi connectivity index (χ2n) is 4.95. The number of ether oxygens (including phenoxy) is 1. The number of rotatable bonds is 10. The summed E-state index contributed by atoms with van der Waals surface area (Å²) in [6, 6.07) is -0.508. The monoisotopic (exact) mass is 243 g/mol. The molecular weight excluding hydrogens is 214 g/mol. The van der Waals surface area contributed by atoms with Gasteiger partial charge < -0.3 is 10.5 Å². The minimum atomic E-state index is -0.508. The summed E-state index contributed by atoms with van der Waals surface area (Å²) in [4.78, 5) is 11.2. The van der Waals surface area contributed by atoms with Crippen molar-refractivity contribution in [2.75, 3.05) is 0 Å². The summed E-state index contributed by atoms with van der Waals surface area (Å²) in [5.74, 6) is -0.291. The first kappa shape index (κ1) is 16.4. The average Bonchev–Trinajstić information content (AvgIpc) is 2.27. The topological polar surface area (TPSA) is 52.3 Å². The number of hydrogen-bond donors (Lipinski definition) is 1. The molecule has 2 atom stereocenters. The number of nitrogens with two attached hydrogens (primary N) is 1. The van der Waals surface area contributed by atoms with Gasteiger partial charge in [0.15, 0.2) is 0 Å². The van der Waals surface area contributed by atoms with E-state index in [2.05, 4.69) is 6.92 Å². The van der Waals surface area contributed by atoms with Crippen LogP contribution in [0.5, 0.6) is 0 Å². The van der Waals surface area contributed by atoms with E-state index in [0.717, 1.165) is 12.8 Å². The Morgan fingerprint density at radius 2 is 1.59 bits per heavy atom. The second-order valence-corrected chi connectivity index (χ2v) is 4.95. The number of hydrogen-bond acceptors (Lipinski definition) is 3. The number of carbonyl (C=O) groups excluding carboxylic acids is 1. The van der Waals surface area contributed by atoms with Gasteiger partial charge in [0.25, 0.3) is 0 Å². The van der Waals surface area contributed by atoms with Crippen molar-refractivity contribution < 1.29 is 9.53 Å². The van der Waals surface area contributed by atoms with Gasteiger partial charge >= 0.3 is 5.97 Å². The maximum absolute atomic E-state index is 11.2. The van der Waals surface area contributed by atoms with Gasteiger partial charge in [-0.25, -0.2) is 0 Å². The zero-order valence-electron chi connectivity index (χ0n) is 11.7. The maximum Gasteiger partial charge on any atom is 0.322 e. The fourth-order valence-corrected chi connectivity index (χ4v) is 1.75. The summed E-state index contributed by atoms with van der Waals surface area (Å²) < 4.78 is 5.19. The quantitative estimate of drug-likeness (QED) is 0.472. The van der Waals surface area contributed by atoms with E-state index in [1.807, 2.05) is 6.92 Å². The minimum Gasteiger partial charge on any atom is -0.462 e. The van der Waals surface area contributed by atoms with Crippen molar-refractivity contribution in [2.45, 2.75) is 84.3 Å². The molecule has 0 saturated carbocycles. The molecule has 0 saturated heterocycles. The molecule has 102 valence electrons. The molecule has 0 aliphatic rings. The van der Waals surface area contributed by atoms with Crippen LogP contribution in [0.25, 0.3) is 0 Å². The van der Waals surface area contributed by atoms with Crippen LogP contribution in [0.15, 0.2) is 0 Å². The highest BCUT2D eigenvalue weighted by atomic mass is 16.5. The number of carbonyl (C=O) groups is 1. The lowest BCUT2D eigenvalue weighted by molar-refractivity contribution is -0.149. The summed E-state index contributed by atoms with van der Waals surface area (Å²) in [7, 11) is 0. The largest absolute Gasteiger partial charge is 0.462 e. The Bertz CT molecular complexity index is 193. The predicted molar refractivity (Wildman–Crippen MR) is 71.8 cm³/mol. The van der Waals surface area contributed by atoms with E-state index in [1.165, 1.54) is 38.5 Å². The van der Waals surface area contributed by atoms with Gasteiger partial charge in [0, 0.05) is 0 Å². The van der Waals surface area contributed by atoms with Crippen molar-refractivity contribution in [3.63, 3.8) is 0 Å². The third-order valence-electron chi connectivity index (χ3n) is 2.90. The minimum absolute atomic E-state index is 0.00384. The first-order chi connectivity index (χ1) is 8.07. The van der Waals surface area contributed by atoms with E-state index in [0.29, 0.717) is 0 Å². The van der Waals surface area contributed by atoms with Gasteiger partial charge in [0.1, 0.15) is 6.04 Å². The number of esters is 1. The Morgan fingerprint density at radius 1 is 1.06 bits per heavy atom. The molecule has 0 radical (unpaired) electrons. The highest BCUT2D eigenvalue weighted by Crippen LogP contribution is 2.11. The van der Waals surface area contributed by atoms with E-state index < -0.39 is 6.04 Å². The summed E-state index contributed by atoms with van der Waals surface area (Å²) in [5.41, 5.74) is 5.43. The molecule has 0 aromatic heterocycles. The average molecular weight is 243 g/mol. The SMILES string of the molecule is CCCCCCCCC[C@@H](C)OC(=O)[C@H](C)N. The molecule has 0 aliphatic carbocycles. The van der Waals surface area contributed by atoms with Crippen LogP contribution in [-0.2, 0) is 9.53 Å². The summed E-state index contributed by atoms with van der Waals surface area (Å²) in [6.45, 7) is 5.83. The van der Waals surface area contributed by atoms with Gasteiger partial charge in [-0.05, 0) is 26.7 Å². The van der Waals surface area contributed by atoms with E-state index in [4.69, 9.17) is 10.5 Å². The Hall–Kier alpha value is -0.570. The van der Waals surface area contributed by atoms with E-state index in [-0.39, 0.29) is 12.1 Å². The Morgan fingerprint density at radius 3 is 2.12 bits per heavy atom. The molecule has 17 heavy (non-hydrogen) atoms. The normalized spacial score (nSPS) is 14.4. The first-order valence-corrected chi connectivity index (χ1v) is 7.04. The van der Waals surface area contributed by atoms with Gasteiger partial charge in [0.2, 0.25) is 0 Å². The summed E-state index contributed by atoms with van der Waals surface area (Å²) in [6.07, 6.45) is 9.97. The lowest BCUT2D eigenvalue weighted by Gasteiger charge is -2.14. The molecule has 0 aliphatic heterocycles. The van der Waals surface area contributed by atoms with Crippen molar-refractivity contribution in [2.24, 2.45) is 5.73 Å². The maximum atomic E-state index is 11.2. The van der Waals surface area contributed by atoms with Crippen molar-refractivity contribution in [3.8, 4) is 0 Å². The van der Waals surface area contributed by atoms with Gasteiger partial charge in [-0.15, -0.1) is 0 Å². The molecule has 0 spiro atoms.